The number of benzene rings is 2. The number of aryl methyl sites for hydroxylation is 4. The summed E-state index contributed by atoms with van der Waals surface area (Å²) in [6.45, 7) is 16.5. The molecule has 3 aromatic rings. The molecule has 4 rings (SSSR count). The third kappa shape index (κ3) is 8.73. The Morgan fingerprint density at radius 2 is 1.72 bits per heavy atom. The van der Waals surface area contributed by atoms with Gasteiger partial charge in [-0.25, -0.2) is 9.97 Å². The minimum absolute atomic E-state index is 0.426. The second-order valence-corrected chi connectivity index (χ2v) is 11.9. The van der Waals surface area contributed by atoms with Crippen molar-refractivity contribution in [3.8, 4) is 11.4 Å². The summed E-state index contributed by atoms with van der Waals surface area (Å²) in [5.41, 5.74) is 9.27. The van der Waals surface area contributed by atoms with Crippen LogP contribution in [0.2, 0.25) is 0 Å². The molecular weight excluding hydrogens is 530 g/mol. The third-order valence-electron chi connectivity index (χ3n) is 8.82. The largest absolute Gasteiger partial charge is 0.356 e. The first-order valence-electron chi connectivity index (χ1n) is 16.4. The van der Waals surface area contributed by atoms with Gasteiger partial charge in [-0.05, 0) is 108 Å². The Bertz CT molecular complexity index is 1280. The molecular formula is C37H55N5O. The Kier molecular flexibility index (Phi) is 13.8. The number of anilines is 1. The van der Waals surface area contributed by atoms with Crippen LogP contribution in [0.5, 0.6) is 0 Å². The predicted molar refractivity (Wildman–Crippen MR) is 182 cm³/mol. The summed E-state index contributed by atoms with van der Waals surface area (Å²) >= 11 is 0. The number of hydrogen-bond acceptors (Lipinski definition) is 6. The summed E-state index contributed by atoms with van der Waals surface area (Å²) in [7, 11) is 4.33. The average Bonchev–Trinajstić information content (AvgIpc) is 3.02. The summed E-state index contributed by atoms with van der Waals surface area (Å²) in [5, 5.41) is 3.35. The molecule has 234 valence electrons. The lowest BCUT2D eigenvalue weighted by Crippen LogP contribution is -2.32. The van der Waals surface area contributed by atoms with E-state index in [9.17, 15) is 0 Å². The highest BCUT2D eigenvalue weighted by Gasteiger charge is 2.27. The van der Waals surface area contributed by atoms with Gasteiger partial charge < -0.3 is 15.0 Å². The Morgan fingerprint density at radius 1 is 1.05 bits per heavy atom. The van der Waals surface area contributed by atoms with Gasteiger partial charge in [0.05, 0.1) is 0 Å². The first-order valence-corrected chi connectivity index (χ1v) is 16.4. The molecule has 2 aromatic carbocycles. The van der Waals surface area contributed by atoms with Crippen molar-refractivity contribution in [3.05, 3.63) is 76.0 Å². The molecule has 43 heavy (non-hydrogen) atoms. The Labute approximate surface area is 261 Å². The molecule has 0 saturated heterocycles. The van der Waals surface area contributed by atoms with Gasteiger partial charge in [0, 0.05) is 42.5 Å². The van der Waals surface area contributed by atoms with Crippen molar-refractivity contribution in [2.75, 3.05) is 38.6 Å². The van der Waals surface area contributed by atoms with Gasteiger partial charge >= 0.3 is 0 Å². The Balaban J connectivity index is 0.00000162. The lowest BCUT2D eigenvalue weighted by Gasteiger charge is -2.35. The van der Waals surface area contributed by atoms with E-state index in [0.717, 1.165) is 69.1 Å². The normalized spacial score (nSPS) is 15.0. The number of carbonyl (C=O) groups excluding carboxylic acids is 1. The van der Waals surface area contributed by atoms with Crippen LogP contribution in [0.1, 0.15) is 93.4 Å². The van der Waals surface area contributed by atoms with Gasteiger partial charge in [0.2, 0.25) is 0 Å². The van der Waals surface area contributed by atoms with E-state index in [1.165, 1.54) is 59.6 Å². The zero-order valence-corrected chi connectivity index (χ0v) is 28.0. The molecule has 0 spiro atoms. The van der Waals surface area contributed by atoms with Crippen molar-refractivity contribution in [2.24, 2.45) is 5.92 Å². The van der Waals surface area contributed by atoms with Crippen molar-refractivity contribution < 1.29 is 4.79 Å². The number of hydrogen-bond donors (Lipinski definition) is 1. The van der Waals surface area contributed by atoms with E-state index < -0.39 is 0 Å². The molecule has 1 aliphatic carbocycles. The highest BCUT2D eigenvalue weighted by atomic mass is 16.1. The summed E-state index contributed by atoms with van der Waals surface area (Å²) in [6.07, 6.45) is 7.46. The van der Waals surface area contributed by atoms with E-state index in [1.54, 1.807) is 0 Å². The van der Waals surface area contributed by atoms with Crippen molar-refractivity contribution in [1.29, 1.82) is 0 Å². The second-order valence-electron chi connectivity index (χ2n) is 11.9. The monoisotopic (exact) mass is 585 g/mol. The maximum atomic E-state index is 8.81. The molecule has 6 nitrogen and oxygen atoms in total. The molecule has 0 bridgehead atoms. The van der Waals surface area contributed by atoms with Crippen molar-refractivity contribution in [1.82, 2.24) is 20.2 Å². The van der Waals surface area contributed by atoms with E-state index in [0.29, 0.717) is 12.0 Å². The highest BCUT2D eigenvalue weighted by Crippen LogP contribution is 2.36. The molecule has 6 heteroatoms. The molecule has 0 radical (unpaired) electrons. The molecule has 1 N–H and O–H groups in total. The van der Waals surface area contributed by atoms with Crippen molar-refractivity contribution in [2.45, 2.75) is 92.7 Å². The molecule has 2 atom stereocenters. The summed E-state index contributed by atoms with van der Waals surface area (Å²) < 4.78 is 0. The SMILES string of the molecule is CC=O.CCc1cccc(CC)c1-c1nc(C)c(CN(C)C2CCCc3ccccc32)c(N(CC)CCC(C)CNC)n1. The second kappa shape index (κ2) is 17.3. The maximum Gasteiger partial charge on any atom is 0.162 e. The lowest BCUT2D eigenvalue weighted by atomic mass is 9.87. The van der Waals surface area contributed by atoms with Crippen LogP contribution in [-0.2, 0) is 30.6 Å². The van der Waals surface area contributed by atoms with Gasteiger partial charge in [0.25, 0.3) is 0 Å². The highest BCUT2D eigenvalue weighted by molar-refractivity contribution is 5.68. The average molecular weight is 586 g/mol. The summed E-state index contributed by atoms with van der Waals surface area (Å²) in [4.78, 5) is 24.5. The number of aromatic nitrogens is 2. The Morgan fingerprint density at radius 3 is 2.35 bits per heavy atom. The van der Waals surface area contributed by atoms with Gasteiger partial charge in [0.1, 0.15) is 12.1 Å². The fourth-order valence-electron chi connectivity index (χ4n) is 6.46. The first kappa shape index (κ1) is 34.4. The van der Waals surface area contributed by atoms with E-state index >= 15 is 0 Å². The van der Waals surface area contributed by atoms with Crippen LogP contribution in [0.3, 0.4) is 0 Å². The van der Waals surface area contributed by atoms with Crippen LogP contribution >= 0.6 is 0 Å². The molecule has 2 unspecified atom stereocenters. The van der Waals surface area contributed by atoms with Gasteiger partial charge in [-0.3, -0.25) is 4.90 Å². The molecule has 1 aromatic heterocycles. The standard InChI is InChI=1S/C35H51N5.C2H4O/c1-8-27-16-13-17-28(9-2)33(27)34-37-26(5)31(35(38-34)40(10-3)22-21-25(4)23-36-6)24-39(7)32-20-14-18-29-15-11-12-19-30(29)32;1-2-3/h11-13,15-17,19,25,32,36H,8-10,14,18,20-24H2,1-7H3;2H,1H3. The maximum absolute atomic E-state index is 8.81. The topological polar surface area (TPSA) is 61.4 Å². The quantitative estimate of drug-likeness (QED) is 0.212. The van der Waals surface area contributed by atoms with Gasteiger partial charge in [-0.2, -0.15) is 0 Å². The van der Waals surface area contributed by atoms with E-state index in [1.807, 2.05) is 7.05 Å². The van der Waals surface area contributed by atoms with Crippen LogP contribution in [0.25, 0.3) is 11.4 Å². The predicted octanol–water partition coefficient (Wildman–Crippen LogP) is 7.36. The van der Waals surface area contributed by atoms with Crippen LogP contribution in [-0.4, -0.2) is 54.9 Å². The van der Waals surface area contributed by atoms with Crippen LogP contribution in [0.15, 0.2) is 42.5 Å². The van der Waals surface area contributed by atoms with E-state index in [2.05, 4.69) is 99.2 Å². The van der Waals surface area contributed by atoms with E-state index in [4.69, 9.17) is 14.8 Å². The minimum Gasteiger partial charge on any atom is -0.356 e. The smallest absolute Gasteiger partial charge is 0.162 e. The number of nitrogens with zero attached hydrogens (tertiary/aromatic N) is 4. The summed E-state index contributed by atoms with van der Waals surface area (Å²) in [6, 6.07) is 16.1. The number of nitrogens with one attached hydrogen (secondary N) is 1. The van der Waals surface area contributed by atoms with Gasteiger partial charge in [-0.15, -0.1) is 0 Å². The third-order valence-corrected chi connectivity index (χ3v) is 8.82. The fraction of sp³-hybridized carbons (Fsp3) is 0.541. The van der Waals surface area contributed by atoms with Crippen LogP contribution in [0, 0.1) is 12.8 Å². The van der Waals surface area contributed by atoms with Crippen molar-refractivity contribution in [3.63, 3.8) is 0 Å². The van der Waals surface area contributed by atoms with Gasteiger partial charge in [0.15, 0.2) is 5.82 Å². The van der Waals surface area contributed by atoms with E-state index in [-0.39, 0.29) is 0 Å². The minimum atomic E-state index is 0.426. The summed E-state index contributed by atoms with van der Waals surface area (Å²) in [5.74, 6) is 2.61. The zero-order valence-electron chi connectivity index (χ0n) is 28.0. The molecule has 0 amide bonds. The molecule has 0 fully saturated rings. The van der Waals surface area contributed by atoms with Gasteiger partial charge in [-0.1, -0.05) is 63.2 Å². The zero-order chi connectivity index (χ0) is 31.4. The molecule has 1 heterocycles. The van der Waals surface area contributed by atoms with Crippen molar-refractivity contribution >= 4 is 12.1 Å². The Hall–Kier alpha value is -3.09. The fourth-order valence-corrected chi connectivity index (χ4v) is 6.46. The number of carbonyl (C=O) groups is 1. The molecule has 1 aliphatic rings. The van der Waals surface area contributed by atoms with Crippen LogP contribution < -0.4 is 10.2 Å². The van der Waals surface area contributed by atoms with Crippen LogP contribution in [0.4, 0.5) is 5.82 Å². The number of aldehydes is 1. The lowest BCUT2D eigenvalue weighted by molar-refractivity contribution is -0.106. The number of rotatable bonds is 13. The molecule has 0 aliphatic heterocycles. The first-order chi connectivity index (χ1) is 20.8. The number of fused-ring (bicyclic) bond motifs is 1. The molecule has 0 saturated carbocycles.